The number of carbonyl (C=O) groups excluding carboxylic acids is 1. The van der Waals surface area contributed by atoms with Crippen molar-refractivity contribution in [3.05, 3.63) is 53.9 Å². The summed E-state index contributed by atoms with van der Waals surface area (Å²) in [6, 6.07) is 9.22. The smallest absolute Gasteiger partial charge is 0.251 e. The highest BCUT2D eigenvalue weighted by Gasteiger charge is 2.12. The van der Waals surface area contributed by atoms with Gasteiger partial charge in [-0.1, -0.05) is 6.07 Å². The molecule has 0 aliphatic carbocycles. The monoisotopic (exact) mass is 343 g/mol. The van der Waals surface area contributed by atoms with E-state index in [4.69, 9.17) is 9.47 Å². The maximum absolute atomic E-state index is 12.3. The predicted octanol–water partition coefficient (Wildman–Crippen LogP) is 2.40. The number of ether oxygens (including phenoxy) is 2. The lowest BCUT2D eigenvalue weighted by Gasteiger charge is -2.14. The van der Waals surface area contributed by atoms with Crippen LogP contribution in [0.2, 0.25) is 0 Å². The second-order valence-electron chi connectivity index (χ2n) is 5.64. The number of nitrogens with zero attached hydrogens (tertiary/aromatic N) is 1. The maximum atomic E-state index is 12.3. The first-order valence-electron chi connectivity index (χ1n) is 8.38. The third-order valence-electron chi connectivity index (χ3n) is 3.68. The quantitative estimate of drug-likeness (QED) is 0.731. The number of pyridine rings is 1. The summed E-state index contributed by atoms with van der Waals surface area (Å²) in [5.41, 5.74) is 1.51. The Kier molecular flexibility index (Phi) is 7.22. The molecule has 1 atom stereocenters. The fourth-order valence-electron chi connectivity index (χ4n) is 2.13. The second-order valence-corrected chi connectivity index (χ2v) is 5.64. The molecule has 1 amide bonds. The average molecular weight is 343 g/mol. The number of carbonyl (C=O) groups is 1. The molecule has 2 rings (SSSR count). The van der Waals surface area contributed by atoms with Crippen molar-refractivity contribution in [2.75, 3.05) is 20.2 Å². The van der Waals surface area contributed by atoms with Gasteiger partial charge < -0.3 is 20.1 Å². The number of hydrogen-bond donors (Lipinski definition) is 2. The van der Waals surface area contributed by atoms with Gasteiger partial charge in [-0.25, -0.2) is 0 Å². The molecule has 25 heavy (non-hydrogen) atoms. The summed E-state index contributed by atoms with van der Waals surface area (Å²) in [5.74, 6) is 1.02. The molecule has 2 N–H and O–H groups in total. The Bertz CT molecular complexity index is 677. The predicted molar refractivity (Wildman–Crippen MR) is 97.0 cm³/mol. The first kappa shape index (κ1) is 18.7. The van der Waals surface area contributed by atoms with E-state index in [1.165, 1.54) is 0 Å². The fourth-order valence-corrected chi connectivity index (χ4v) is 2.13. The number of rotatable bonds is 9. The minimum Gasteiger partial charge on any atom is -0.490 e. The van der Waals surface area contributed by atoms with E-state index in [-0.39, 0.29) is 11.9 Å². The number of amides is 1. The Morgan fingerprint density at radius 2 is 2.08 bits per heavy atom. The van der Waals surface area contributed by atoms with Gasteiger partial charge in [-0.15, -0.1) is 0 Å². The number of nitrogens with one attached hydrogen (secondary N) is 2. The SMILES string of the molecule is CCOc1cc(C(=O)NCC(C)NC)ccc1OCc1cccnc1. The highest BCUT2D eigenvalue weighted by atomic mass is 16.5. The van der Waals surface area contributed by atoms with Crippen molar-refractivity contribution in [1.82, 2.24) is 15.6 Å². The molecule has 0 fully saturated rings. The van der Waals surface area contributed by atoms with Crippen LogP contribution in [0.4, 0.5) is 0 Å². The zero-order chi connectivity index (χ0) is 18.1. The second kappa shape index (κ2) is 9.64. The minimum atomic E-state index is -0.137. The molecule has 0 radical (unpaired) electrons. The van der Waals surface area contributed by atoms with Crippen molar-refractivity contribution in [2.24, 2.45) is 0 Å². The van der Waals surface area contributed by atoms with Gasteiger partial charge in [0.05, 0.1) is 6.61 Å². The van der Waals surface area contributed by atoms with Crippen LogP contribution in [0.15, 0.2) is 42.7 Å². The molecular formula is C19H25N3O3. The van der Waals surface area contributed by atoms with Crippen molar-refractivity contribution in [2.45, 2.75) is 26.5 Å². The Hall–Kier alpha value is -2.60. The van der Waals surface area contributed by atoms with Crippen LogP contribution in [0.1, 0.15) is 29.8 Å². The number of likely N-dealkylation sites (N-methyl/N-ethyl adjacent to an activating group) is 1. The van der Waals surface area contributed by atoms with Gasteiger partial charge >= 0.3 is 0 Å². The maximum Gasteiger partial charge on any atom is 0.251 e. The Morgan fingerprint density at radius 3 is 2.76 bits per heavy atom. The van der Waals surface area contributed by atoms with Crippen LogP contribution in [0.3, 0.4) is 0 Å². The van der Waals surface area contributed by atoms with E-state index in [1.807, 2.05) is 33.0 Å². The van der Waals surface area contributed by atoms with Crippen molar-refractivity contribution < 1.29 is 14.3 Å². The topological polar surface area (TPSA) is 72.5 Å². The van der Waals surface area contributed by atoms with Crippen molar-refractivity contribution >= 4 is 5.91 Å². The van der Waals surface area contributed by atoms with Crippen LogP contribution >= 0.6 is 0 Å². The molecule has 134 valence electrons. The zero-order valence-electron chi connectivity index (χ0n) is 14.9. The van der Waals surface area contributed by atoms with E-state index < -0.39 is 0 Å². The van der Waals surface area contributed by atoms with E-state index in [1.54, 1.807) is 30.6 Å². The molecule has 6 heteroatoms. The third-order valence-corrected chi connectivity index (χ3v) is 3.68. The van der Waals surface area contributed by atoms with E-state index in [0.717, 1.165) is 5.56 Å². The Balaban J connectivity index is 2.06. The lowest BCUT2D eigenvalue weighted by atomic mass is 10.2. The molecule has 0 aliphatic rings. The number of aromatic nitrogens is 1. The van der Waals surface area contributed by atoms with Crippen LogP contribution in [0, 0.1) is 0 Å². The summed E-state index contributed by atoms with van der Waals surface area (Å²) in [6.07, 6.45) is 3.47. The van der Waals surface area contributed by atoms with Crippen LogP contribution in [0.5, 0.6) is 11.5 Å². The highest BCUT2D eigenvalue weighted by molar-refractivity contribution is 5.94. The van der Waals surface area contributed by atoms with Gasteiger partial charge in [0.1, 0.15) is 6.61 Å². The summed E-state index contributed by atoms with van der Waals surface area (Å²) >= 11 is 0. The van der Waals surface area contributed by atoms with E-state index in [9.17, 15) is 4.79 Å². The molecule has 0 saturated heterocycles. The van der Waals surface area contributed by atoms with Crippen LogP contribution in [0.25, 0.3) is 0 Å². The molecule has 0 bridgehead atoms. The molecule has 2 aromatic rings. The van der Waals surface area contributed by atoms with Gasteiger partial charge in [-0.05, 0) is 45.2 Å². The summed E-state index contributed by atoms with van der Waals surface area (Å²) in [5, 5.41) is 5.97. The largest absolute Gasteiger partial charge is 0.490 e. The van der Waals surface area contributed by atoms with Crippen LogP contribution in [-0.4, -0.2) is 37.1 Å². The highest BCUT2D eigenvalue weighted by Crippen LogP contribution is 2.29. The van der Waals surface area contributed by atoms with Gasteiger partial charge in [0.15, 0.2) is 11.5 Å². The Morgan fingerprint density at radius 1 is 1.24 bits per heavy atom. The van der Waals surface area contributed by atoms with Gasteiger partial charge in [0.2, 0.25) is 0 Å². The molecule has 0 aliphatic heterocycles. The summed E-state index contributed by atoms with van der Waals surface area (Å²) in [6.45, 7) is 5.33. The molecule has 1 unspecified atom stereocenters. The summed E-state index contributed by atoms with van der Waals surface area (Å²) < 4.78 is 11.4. The van der Waals surface area contributed by atoms with Gasteiger partial charge in [-0.2, -0.15) is 0 Å². The molecular weight excluding hydrogens is 318 g/mol. The molecule has 6 nitrogen and oxygen atoms in total. The van der Waals surface area contributed by atoms with E-state index in [2.05, 4.69) is 15.6 Å². The number of hydrogen-bond acceptors (Lipinski definition) is 5. The van der Waals surface area contributed by atoms with E-state index in [0.29, 0.717) is 36.8 Å². The van der Waals surface area contributed by atoms with Crippen molar-refractivity contribution in [3.8, 4) is 11.5 Å². The van der Waals surface area contributed by atoms with Crippen molar-refractivity contribution in [3.63, 3.8) is 0 Å². The molecule has 0 spiro atoms. The fraction of sp³-hybridized carbons (Fsp3) is 0.368. The summed E-state index contributed by atoms with van der Waals surface area (Å²) in [7, 11) is 1.86. The molecule has 1 aromatic heterocycles. The molecule has 1 aromatic carbocycles. The van der Waals surface area contributed by atoms with Gasteiger partial charge in [0.25, 0.3) is 5.91 Å². The molecule has 0 saturated carbocycles. The van der Waals surface area contributed by atoms with E-state index >= 15 is 0 Å². The Labute approximate surface area is 148 Å². The lowest BCUT2D eigenvalue weighted by Crippen LogP contribution is -2.37. The van der Waals surface area contributed by atoms with Crippen molar-refractivity contribution in [1.29, 1.82) is 0 Å². The van der Waals surface area contributed by atoms with Crippen LogP contribution < -0.4 is 20.1 Å². The van der Waals surface area contributed by atoms with Gasteiger partial charge in [-0.3, -0.25) is 9.78 Å². The third kappa shape index (κ3) is 5.76. The minimum absolute atomic E-state index is 0.137. The average Bonchev–Trinajstić information content (AvgIpc) is 2.65. The summed E-state index contributed by atoms with van der Waals surface area (Å²) in [4.78, 5) is 16.3. The molecule has 1 heterocycles. The first-order valence-corrected chi connectivity index (χ1v) is 8.38. The zero-order valence-corrected chi connectivity index (χ0v) is 14.9. The lowest BCUT2D eigenvalue weighted by molar-refractivity contribution is 0.0950. The first-order chi connectivity index (χ1) is 12.1. The number of benzene rings is 1. The van der Waals surface area contributed by atoms with Gasteiger partial charge in [0, 0.05) is 36.1 Å². The standard InChI is InChI=1S/C19H25N3O3/c1-4-24-18-10-16(19(23)22-11-14(2)20-3)7-8-17(18)25-13-15-6-5-9-21-12-15/h5-10,12,14,20H,4,11,13H2,1-3H3,(H,22,23). The normalized spacial score (nSPS) is 11.6. The van der Waals surface area contributed by atoms with Crippen LogP contribution in [-0.2, 0) is 6.61 Å².